The molecule has 0 radical (unpaired) electrons. The van der Waals surface area contributed by atoms with Crippen molar-refractivity contribution in [2.45, 2.75) is 19.4 Å². The fourth-order valence-corrected chi connectivity index (χ4v) is 2.56. The zero-order valence-corrected chi connectivity index (χ0v) is 13.5. The molecule has 1 N–H and O–H groups in total. The number of amides is 2. The van der Waals surface area contributed by atoms with Gasteiger partial charge in [-0.2, -0.15) is 0 Å². The summed E-state index contributed by atoms with van der Waals surface area (Å²) in [6, 6.07) is 4.90. The number of hydrogen-bond acceptors (Lipinski definition) is 6. The molecule has 1 aliphatic rings. The number of likely N-dealkylation sites (tertiary alicyclic amines) is 1. The third kappa shape index (κ3) is 3.37. The van der Waals surface area contributed by atoms with Gasteiger partial charge in [-0.05, 0) is 13.0 Å². The van der Waals surface area contributed by atoms with E-state index in [1.54, 1.807) is 37.1 Å². The van der Waals surface area contributed by atoms with Crippen LogP contribution in [0.5, 0.6) is 5.75 Å². The molecule has 8 nitrogen and oxygen atoms in total. The number of pyridine rings is 1. The topological polar surface area (TPSA) is 97.6 Å². The first-order chi connectivity index (χ1) is 11.6. The second-order valence-corrected chi connectivity index (χ2v) is 5.57. The minimum Gasteiger partial charge on any atom is -0.488 e. The number of rotatable bonds is 4. The highest BCUT2D eigenvalue weighted by Gasteiger charge is 2.30. The van der Waals surface area contributed by atoms with Crippen LogP contribution in [0.1, 0.15) is 33.2 Å². The van der Waals surface area contributed by atoms with Gasteiger partial charge in [-0.1, -0.05) is 5.16 Å². The zero-order chi connectivity index (χ0) is 17.1. The molecule has 2 aromatic heterocycles. The minimum atomic E-state index is -0.274. The highest BCUT2D eigenvalue weighted by Crippen LogP contribution is 2.20. The zero-order valence-electron chi connectivity index (χ0n) is 13.5. The van der Waals surface area contributed by atoms with Crippen LogP contribution in [-0.4, -0.2) is 53.1 Å². The summed E-state index contributed by atoms with van der Waals surface area (Å²) < 4.78 is 10.9. The summed E-state index contributed by atoms with van der Waals surface area (Å²) in [6.07, 6.45) is 2.09. The van der Waals surface area contributed by atoms with Gasteiger partial charge in [0.2, 0.25) is 5.76 Å². The number of ether oxygens (including phenoxy) is 1. The lowest BCUT2D eigenvalue weighted by Crippen LogP contribution is -2.30. The second kappa shape index (κ2) is 6.69. The predicted molar refractivity (Wildman–Crippen MR) is 83.8 cm³/mol. The number of aromatic nitrogens is 2. The number of hydrogen-bond donors (Lipinski definition) is 1. The van der Waals surface area contributed by atoms with E-state index in [0.717, 1.165) is 0 Å². The quantitative estimate of drug-likeness (QED) is 0.899. The van der Waals surface area contributed by atoms with Crippen molar-refractivity contribution in [3.63, 3.8) is 0 Å². The Labute approximate surface area is 138 Å². The van der Waals surface area contributed by atoms with Crippen LogP contribution in [0.3, 0.4) is 0 Å². The Morgan fingerprint density at radius 1 is 1.42 bits per heavy atom. The summed E-state index contributed by atoms with van der Waals surface area (Å²) in [6.45, 7) is 2.80. The molecule has 1 atom stereocenters. The molecule has 0 bridgehead atoms. The van der Waals surface area contributed by atoms with Gasteiger partial charge >= 0.3 is 0 Å². The van der Waals surface area contributed by atoms with Gasteiger partial charge in [0.25, 0.3) is 11.8 Å². The number of nitrogens with zero attached hydrogens (tertiary/aromatic N) is 3. The summed E-state index contributed by atoms with van der Waals surface area (Å²) in [5.74, 6) is 0.323. The summed E-state index contributed by atoms with van der Waals surface area (Å²) in [4.78, 5) is 29.6. The molecule has 126 valence electrons. The molecule has 8 heteroatoms. The molecule has 24 heavy (non-hydrogen) atoms. The first kappa shape index (κ1) is 16.0. The molecule has 3 rings (SSSR count). The Bertz CT molecular complexity index is 758. The molecular formula is C16H18N4O4. The molecule has 0 aromatic carbocycles. The molecule has 0 spiro atoms. The maximum absolute atomic E-state index is 12.3. The Balaban J connectivity index is 1.62. The average molecular weight is 330 g/mol. The van der Waals surface area contributed by atoms with Gasteiger partial charge in [0.15, 0.2) is 0 Å². The Hall–Kier alpha value is -2.90. The third-order valence-electron chi connectivity index (χ3n) is 3.76. The lowest BCUT2D eigenvalue weighted by atomic mass is 10.3. The van der Waals surface area contributed by atoms with E-state index in [1.807, 2.05) is 0 Å². The molecule has 0 aliphatic carbocycles. The molecule has 3 heterocycles. The largest absolute Gasteiger partial charge is 0.488 e. The molecule has 1 aliphatic heterocycles. The summed E-state index contributed by atoms with van der Waals surface area (Å²) in [5.41, 5.74) is 0.960. The van der Waals surface area contributed by atoms with Gasteiger partial charge in [0.1, 0.15) is 17.5 Å². The van der Waals surface area contributed by atoms with Gasteiger partial charge in [-0.3, -0.25) is 14.6 Å². The van der Waals surface area contributed by atoms with Crippen LogP contribution in [-0.2, 0) is 0 Å². The van der Waals surface area contributed by atoms with Crippen LogP contribution in [0.4, 0.5) is 0 Å². The fraction of sp³-hybridized carbons (Fsp3) is 0.375. The van der Waals surface area contributed by atoms with Crippen molar-refractivity contribution >= 4 is 11.8 Å². The van der Waals surface area contributed by atoms with Gasteiger partial charge in [0, 0.05) is 38.3 Å². The number of nitrogens with one attached hydrogen (secondary N) is 1. The van der Waals surface area contributed by atoms with Crippen LogP contribution in [0.15, 0.2) is 28.9 Å². The van der Waals surface area contributed by atoms with Crippen molar-refractivity contribution in [2.24, 2.45) is 0 Å². The minimum absolute atomic E-state index is 0.141. The highest BCUT2D eigenvalue weighted by molar-refractivity contribution is 5.92. The first-order valence-electron chi connectivity index (χ1n) is 7.64. The maximum atomic E-state index is 12.3. The fourth-order valence-electron chi connectivity index (χ4n) is 2.56. The van der Waals surface area contributed by atoms with Gasteiger partial charge in [-0.15, -0.1) is 0 Å². The van der Waals surface area contributed by atoms with E-state index in [2.05, 4.69) is 15.5 Å². The van der Waals surface area contributed by atoms with E-state index in [9.17, 15) is 9.59 Å². The van der Waals surface area contributed by atoms with Crippen molar-refractivity contribution in [3.05, 3.63) is 41.5 Å². The van der Waals surface area contributed by atoms with Crippen molar-refractivity contribution in [1.82, 2.24) is 20.4 Å². The van der Waals surface area contributed by atoms with E-state index in [0.29, 0.717) is 31.0 Å². The summed E-state index contributed by atoms with van der Waals surface area (Å²) in [5, 5.41) is 6.25. The maximum Gasteiger partial charge on any atom is 0.292 e. The Morgan fingerprint density at radius 2 is 2.25 bits per heavy atom. The van der Waals surface area contributed by atoms with Crippen LogP contribution in [0.2, 0.25) is 0 Å². The van der Waals surface area contributed by atoms with Gasteiger partial charge < -0.3 is 19.5 Å². The smallest absolute Gasteiger partial charge is 0.292 e. The summed E-state index contributed by atoms with van der Waals surface area (Å²) >= 11 is 0. The standard InChI is InChI=1S/C16H18N4O4/c1-10-7-14(24-19-10)16(22)20-6-4-12(9-20)23-11-3-5-18-13(8-11)15(21)17-2/h3,5,7-8,12H,4,6,9H2,1-2H3,(H,17,21). The third-order valence-corrected chi connectivity index (χ3v) is 3.76. The van der Waals surface area contributed by atoms with Crippen molar-refractivity contribution < 1.29 is 18.8 Å². The van der Waals surface area contributed by atoms with Crippen LogP contribution < -0.4 is 10.1 Å². The molecule has 2 aromatic rings. The lowest BCUT2D eigenvalue weighted by molar-refractivity contribution is 0.0731. The van der Waals surface area contributed by atoms with E-state index in [1.165, 1.54) is 6.20 Å². The first-order valence-corrected chi connectivity index (χ1v) is 7.64. The van der Waals surface area contributed by atoms with Crippen molar-refractivity contribution in [1.29, 1.82) is 0 Å². The number of carbonyl (C=O) groups is 2. The molecule has 1 fully saturated rings. The predicted octanol–water partition coefficient (Wildman–Crippen LogP) is 1.03. The Kier molecular flexibility index (Phi) is 4.45. The van der Waals surface area contributed by atoms with Crippen LogP contribution >= 0.6 is 0 Å². The molecule has 1 saturated heterocycles. The van der Waals surface area contributed by atoms with Gasteiger partial charge in [-0.25, -0.2) is 0 Å². The van der Waals surface area contributed by atoms with Crippen molar-refractivity contribution in [2.75, 3.05) is 20.1 Å². The SMILES string of the molecule is CNC(=O)c1cc(OC2CCN(C(=O)c3cc(C)no3)C2)ccn1. The van der Waals surface area contributed by atoms with E-state index in [-0.39, 0.29) is 29.4 Å². The lowest BCUT2D eigenvalue weighted by Gasteiger charge is -2.16. The monoisotopic (exact) mass is 330 g/mol. The number of aryl methyl sites for hydroxylation is 1. The normalized spacial score (nSPS) is 16.9. The highest BCUT2D eigenvalue weighted by atomic mass is 16.5. The second-order valence-electron chi connectivity index (χ2n) is 5.57. The molecule has 1 unspecified atom stereocenters. The molecule has 2 amide bonds. The van der Waals surface area contributed by atoms with Gasteiger partial charge in [0.05, 0.1) is 12.2 Å². The van der Waals surface area contributed by atoms with E-state index < -0.39 is 0 Å². The Morgan fingerprint density at radius 3 is 2.96 bits per heavy atom. The number of carbonyl (C=O) groups excluding carboxylic acids is 2. The van der Waals surface area contributed by atoms with E-state index in [4.69, 9.17) is 9.26 Å². The molecular weight excluding hydrogens is 312 g/mol. The van der Waals surface area contributed by atoms with Crippen LogP contribution in [0, 0.1) is 6.92 Å². The van der Waals surface area contributed by atoms with E-state index >= 15 is 0 Å². The molecule has 0 saturated carbocycles. The summed E-state index contributed by atoms with van der Waals surface area (Å²) in [7, 11) is 1.54. The average Bonchev–Trinajstić information content (AvgIpc) is 3.23. The van der Waals surface area contributed by atoms with Crippen LogP contribution in [0.25, 0.3) is 0 Å². The van der Waals surface area contributed by atoms with Crippen molar-refractivity contribution in [3.8, 4) is 5.75 Å².